The number of anilines is 1. The van der Waals surface area contributed by atoms with Crippen molar-refractivity contribution in [3.63, 3.8) is 0 Å². The van der Waals surface area contributed by atoms with Crippen LogP contribution in [-0.4, -0.2) is 38.8 Å². The Balaban J connectivity index is 1.54. The third kappa shape index (κ3) is 2.54. The Labute approximate surface area is 133 Å². The second-order valence-corrected chi connectivity index (χ2v) is 6.17. The number of hydrogen-bond acceptors (Lipinski definition) is 5. The lowest BCUT2D eigenvalue weighted by Gasteiger charge is -2.40. The van der Waals surface area contributed by atoms with Crippen LogP contribution in [0.15, 0.2) is 30.5 Å². The molecule has 2 aliphatic rings. The van der Waals surface area contributed by atoms with Gasteiger partial charge < -0.3 is 5.32 Å². The van der Waals surface area contributed by atoms with E-state index in [9.17, 15) is 9.59 Å². The zero-order valence-corrected chi connectivity index (χ0v) is 12.7. The summed E-state index contributed by atoms with van der Waals surface area (Å²) in [5.41, 5.74) is 1.60. The van der Waals surface area contributed by atoms with Crippen LogP contribution in [-0.2, 0) is 9.59 Å². The molecule has 1 aliphatic carbocycles. The molecule has 1 unspecified atom stereocenters. The van der Waals surface area contributed by atoms with Gasteiger partial charge in [0.15, 0.2) is 0 Å². The molecule has 4 rings (SSSR count). The van der Waals surface area contributed by atoms with Gasteiger partial charge in [-0.25, -0.2) is 4.98 Å². The molecule has 0 bridgehead atoms. The van der Waals surface area contributed by atoms with Crippen LogP contribution >= 0.6 is 0 Å². The second kappa shape index (κ2) is 5.61. The predicted molar refractivity (Wildman–Crippen MR) is 85.7 cm³/mol. The van der Waals surface area contributed by atoms with Crippen LogP contribution in [0.25, 0.3) is 11.0 Å². The highest BCUT2D eigenvalue weighted by atomic mass is 16.2. The number of carbonyl (C=O) groups is 2. The maximum Gasteiger partial charge on any atom is 0.251 e. The molecule has 1 N–H and O–H groups in total. The van der Waals surface area contributed by atoms with Gasteiger partial charge in [-0.3, -0.25) is 19.5 Å². The van der Waals surface area contributed by atoms with Crippen molar-refractivity contribution in [2.75, 3.05) is 5.32 Å². The van der Waals surface area contributed by atoms with Gasteiger partial charge in [-0.05, 0) is 37.8 Å². The summed E-state index contributed by atoms with van der Waals surface area (Å²) < 4.78 is 0. The van der Waals surface area contributed by atoms with Crippen molar-refractivity contribution in [3.05, 3.63) is 30.5 Å². The Morgan fingerprint density at radius 1 is 1.09 bits per heavy atom. The average molecular weight is 310 g/mol. The normalized spacial score (nSPS) is 22.3. The summed E-state index contributed by atoms with van der Waals surface area (Å²) in [6, 6.07) is 7.31. The number of nitrogens with one attached hydrogen (secondary N) is 1. The fraction of sp³-hybridized carbons (Fsp3) is 0.412. The molecule has 2 fully saturated rings. The molecule has 6 nitrogen and oxygen atoms in total. The predicted octanol–water partition coefficient (Wildman–Crippen LogP) is 2.11. The molecule has 0 radical (unpaired) electrons. The number of aromatic nitrogens is 2. The number of rotatable bonds is 3. The Morgan fingerprint density at radius 3 is 2.61 bits per heavy atom. The van der Waals surface area contributed by atoms with Crippen LogP contribution in [0.1, 0.15) is 32.1 Å². The highest BCUT2D eigenvalue weighted by molar-refractivity contribution is 6.02. The minimum atomic E-state index is -0.399. The van der Waals surface area contributed by atoms with Crippen LogP contribution in [0, 0.1) is 0 Å². The van der Waals surface area contributed by atoms with Gasteiger partial charge in [0.25, 0.3) is 5.91 Å². The van der Waals surface area contributed by atoms with E-state index in [0.717, 1.165) is 30.3 Å². The summed E-state index contributed by atoms with van der Waals surface area (Å²) in [6.45, 7) is 0. The molecule has 1 aromatic heterocycles. The minimum Gasteiger partial charge on any atom is -0.357 e. The molecule has 1 atom stereocenters. The molecule has 0 spiro atoms. The zero-order valence-electron chi connectivity index (χ0n) is 12.7. The smallest absolute Gasteiger partial charge is 0.251 e. The molecule has 2 heterocycles. The van der Waals surface area contributed by atoms with Crippen molar-refractivity contribution in [1.29, 1.82) is 0 Å². The second-order valence-electron chi connectivity index (χ2n) is 6.17. The van der Waals surface area contributed by atoms with E-state index in [1.165, 1.54) is 4.90 Å². The Hall–Kier alpha value is -2.50. The number of amides is 2. The lowest BCUT2D eigenvalue weighted by molar-refractivity contribution is -0.153. The number of hydrogen-bond donors (Lipinski definition) is 1. The number of benzene rings is 1. The molecular formula is C17H18N4O2. The third-order valence-electron chi connectivity index (χ3n) is 4.66. The highest BCUT2D eigenvalue weighted by Crippen LogP contribution is 2.29. The SMILES string of the molecule is O=C1CCC(Nc2cnc3ccccc3n2)C(=O)N1C1CCC1. The van der Waals surface area contributed by atoms with Crippen molar-refractivity contribution in [3.8, 4) is 0 Å². The van der Waals surface area contributed by atoms with Crippen molar-refractivity contribution in [2.24, 2.45) is 0 Å². The van der Waals surface area contributed by atoms with Gasteiger partial charge in [0, 0.05) is 12.5 Å². The molecule has 6 heteroatoms. The molecule has 1 aliphatic heterocycles. The summed E-state index contributed by atoms with van der Waals surface area (Å²) in [5.74, 6) is 0.410. The Kier molecular flexibility index (Phi) is 3.44. The van der Waals surface area contributed by atoms with Crippen LogP contribution in [0.3, 0.4) is 0 Å². The first kappa shape index (κ1) is 14.1. The first-order chi connectivity index (χ1) is 11.2. The van der Waals surface area contributed by atoms with Crippen LogP contribution in [0.4, 0.5) is 5.82 Å². The third-order valence-corrected chi connectivity index (χ3v) is 4.66. The minimum absolute atomic E-state index is 0.0395. The lowest BCUT2D eigenvalue weighted by Crippen LogP contribution is -2.56. The monoisotopic (exact) mass is 310 g/mol. The van der Waals surface area contributed by atoms with Gasteiger partial charge in [0.2, 0.25) is 5.91 Å². The zero-order chi connectivity index (χ0) is 15.8. The lowest BCUT2D eigenvalue weighted by atomic mass is 9.89. The molecule has 23 heavy (non-hydrogen) atoms. The number of para-hydroxylation sites is 2. The Morgan fingerprint density at radius 2 is 1.87 bits per heavy atom. The quantitative estimate of drug-likeness (QED) is 0.879. The van der Waals surface area contributed by atoms with Gasteiger partial charge in [0.05, 0.1) is 17.2 Å². The van der Waals surface area contributed by atoms with Gasteiger partial charge >= 0.3 is 0 Å². The van der Waals surface area contributed by atoms with Gasteiger partial charge in [0.1, 0.15) is 11.9 Å². The fourth-order valence-electron chi connectivity index (χ4n) is 3.17. The molecule has 1 saturated carbocycles. The van der Waals surface area contributed by atoms with E-state index in [-0.39, 0.29) is 17.9 Å². The number of carbonyl (C=O) groups excluding carboxylic acids is 2. The number of piperidine rings is 1. The van der Waals surface area contributed by atoms with E-state index >= 15 is 0 Å². The van der Waals surface area contributed by atoms with E-state index in [4.69, 9.17) is 0 Å². The van der Waals surface area contributed by atoms with E-state index in [0.29, 0.717) is 18.7 Å². The summed E-state index contributed by atoms with van der Waals surface area (Å²) >= 11 is 0. The van der Waals surface area contributed by atoms with Crippen molar-refractivity contribution >= 4 is 28.7 Å². The van der Waals surface area contributed by atoms with Crippen LogP contribution in [0.2, 0.25) is 0 Å². The largest absolute Gasteiger partial charge is 0.357 e. The maximum absolute atomic E-state index is 12.6. The van der Waals surface area contributed by atoms with Gasteiger partial charge in [-0.2, -0.15) is 0 Å². The average Bonchev–Trinajstić information content (AvgIpc) is 2.52. The van der Waals surface area contributed by atoms with E-state index in [1.807, 2.05) is 24.3 Å². The van der Waals surface area contributed by atoms with E-state index in [1.54, 1.807) is 6.20 Å². The summed E-state index contributed by atoms with van der Waals surface area (Å²) in [7, 11) is 0. The molecule has 2 amide bonds. The molecule has 1 aromatic carbocycles. The number of nitrogens with zero attached hydrogens (tertiary/aromatic N) is 3. The maximum atomic E-state index is 12.6. The number of likely N-dealkylation sites (tertiary alicyclic amines) is 1. The van der Waals surface area contributed by atoms with Crippen LogP contribution < -0.4 is 5.32 Å². The summed E-state index contributed by atoms with van der Waals surface area (Å²) in [5, 5.41) is 3.16. The topological polar surface area (TPSA) is 75.2 Å². The fourth-order valence-corrected chi connectivity index (χ4v) is 3.17. The van der Waals surface area contributed by atoms with E-state index in [2.05, 4.69) is 15.3 Å². The van der Waals surface area contributed by atoms with Crippen molar-refractivity contribution < 1.29 is 9.59 Å². The van der Waals surface area contributed by atoms with E-state index < -0.39 is 6.04 Å². The first-order valence-corrected chi connectivity index (χ1v) is 8.06. The standard InChI is InChI=1S/C17H18N4O2/c22-16-9-8-14(17(23)21(16)11-4-3-5-11)20-15-10-18-12-6-1-2-7-13(12)19-15/h1-2,6-7,10-11,14H,3-5,8-9H2,(H,19,20). The Bertz CT molecular complexity index is 772. The molecule has 1 saturated heterocycles. The molecular weight excluding hydrogens is 292 g/mol. The highest BCUT2D eigenvalue weighted by Gasteiger charge is 2.40. The number of imide groups is 1. The van der Waals surface area contributed by atoms with Crippen molar-refractivity contribution in [2.45, 2.75) is 44.2 Å². The van der Waals surface area contributed by atoms with Crippen molar-refractivity contribution in [1.82, 2.24) is 14.9 Å². The van der Waals surface area contributed by atoms with Gasteiger partial charge in [-0.15, -0.1) is 0 Å². The molecule has 118 valence electrons. The summed E-state index contributed by atoms with van der Waals surface area (Å²) in [4.78, 5) is 35.0. The summed E-state index contributed by atoms with van der Waals surface area (Å²) in [6.07, 6.45) is 5.51. The first-order valence-electron chi connectivity index (χ1n) is 8.06. The molecule has 2 aromatic rings. The number of fused-ring (bicyclic) bond motifs is 1. The van der Waals surface area contributed by atoms with Crippen LogP contribution in [0.5, 0.6) is 0 Å². The van der Waals surface area contributed by atoms with Gasteiger partial charge in [-0.1, -0.05) is 12.1 Å².